The number of rotatable bonds is 4. The van der Waals surface area contributed by atoms with Crippen LogP contribution in [-0.2, 0) is 10.8 Å². The van der Waals surface area contributed by atoms with Gasteiger partial charge in [0.2, 0.25) is 0 Å². The number of hydrogen-bond donors (Lipinski definition) is 0. The second kappa shape index (κ2) is 15.7. The molecule has 0 aliphatic carbocycles. The molecule has 0 saturated heterocycles. The maximum Gasteiger partial charge on any atom is 0.297 e. The van der Waals surface area contributed by atoms with Crippen molar-refractivity contribution in [1.29, 1.82) is 0 Å². The molecule has 11 aromatic rings. The van der Waals surface area contributed by atoms with Crippen molar-refractivity contribution in [2.45, 2.75) is 52.4 Å². The van der Waals surface area contributed by atoms with Crippen LogP contribution < -0.4 is 51.9 Å². The lowest BCUT2D eigenvalue weighted by Gasteiger charge is -2.47. The fraction of sp³-hybridized carbons (Fsp3) is 0.121. The normalized spacial score (nSPS) is 14.2. The SMILES string of the molecule is CC(C)(C)c1cc2c3c(c1)N(c1ccccc1)c1c(oc4ccccc14)B3c1cc3c(cc1N2c1ccccc1)N(c1ccccc1)c1cc(C(C)(C)C)cc2c1B3c1sc3ccccc3c1N2c1ccccc1. The van der Waals surface area contributed by atoms with E-state index in [1.54, 1.807) is 0 Å². The van der Waals surface area contributed by atoms with Gasteiger partial charge in [-0.2, -0.15) is 0 Å². The lowest BCUT2D eigenvalue weighted by atomic mass is 9.32. The summed E-state index contributed by atoms with van der Waals surface area (Å²) in [6, 6.07) is 76.9. The molecule has 0 saturated carbocycles. The summed E-state index contributed by atoms with van der Waals surface area (Å²) in [4.78, 5) is 10.2. The summed E-state index contributed by atoms with van der Waals surface area (Å²) < 4.78 is 10.0. The maximum absolute atomic E-state index is 7.39. The molecule has 9 aromatic carbocycles. The van der Waals surface area contributed by atoms with Crippen molar-refractivity contribution in [3.63, 3.8) is 0 Å². The van der Waals surface area contributed by atoms with Crippen molar-refractivity contribution >= 4 is 146 Å². The van der Waals surface area contributed by atoms with Gasteiger partial charge in [-0.25, -0.2) is 0 Å². The Hall–Kier alpha value is -8.19. The molecule has 0 spiro atoms. The smallest absolute Gasteiger partial charge is 0.297 e. The highest BCUT2D eigenvalue weighted by Gasteiger charge is 2.51. The summed E-state index contributed by atoms with van der Waals surface area (Å²) in [5, 5.41) is 2.38. The van der Waals surface area contributed by atoms with Crippen LogP contribution in [0.3, 0.4) is 0 Å². The van der Waals surface area contributed by atoms with Crippen LogP contribution in [0.2, 0.25) is 0 Å². The van der Waals surface area contributed by atoms with Gasteiger partial charge >= 0.3 is 0 Å². The van der Waals surface area contributed by atoms with Gasteiger partial charge in [-0.05, 0) is 141 Å². The van der Waals surface area contributed by atoms with E-state index in [2.05, 4.69) is 267 Å². The van der Waals surface area contributed by atoms with Crippen LogP contribution in [0.15, 0.2) is 211 Å². The van der Waals surface area contributed by atoms with Crippen LogP contribution >= 0.6 is 11.3 Å². The van der Waals surface area contributed by atoms with Gasteiger partial charge < -0.3 is 24.0 Å². The van der Waals surface area contributed by atoms with E-state index in [4.69, 9.17) is 4.42 Å². The Morgan fingerprint density at radius 2 is 0.784 bits per heavy atom. The maximum atomic E-state index is 7.39. The van der Waals surface area contributed by atoms with Crippen LogP contribution in [-0.4, -0.2) is 13.4 Å². The molecule has 15 rings (SSSR count). The third-order valence-corrected chi connectivity index (χ3v) is 17.3. The molecule has 0 amide bonds. The number of fused-ring (bicyclic) bond motifs is 12. The molecular weight excluding hydrogens is 918 g/mol. The molecule has 8 heteroatoms. The molecule has 0 atom stereocenters. The Morgan fingerprint density at radius 1 is 0.378 bits per heavy atom. The Balaban J connectivity index is 1.11. The third-order valence-electron chi connectivity index (χ3n) is 16.0. The minimum atomic E-state index is -0.225. The second-order valence-electron chi connectivity index (χ2n) is 22.5. The van der Waals surface area contributed by atoms with Crippen molar-refractivity contribution in [1.82, 2.24) is 0 Å². The highest BCUT2D eigenvalue weighted by Crippen LogP contribution is 2.52. The van der Waals surface area contributed by atoms with Crippen LogP contribution in [0.4, 0.5) is 68.2 Å². The van der Waals surface area contributed by atoms with Crippen molar-refractivity contribution < 1.29 is 4.42 Å². The Morgan fingerprint density at radius 3 is 1.30 bits per heavy atom. The number of hydrogen-bond acceptors (Lipinski definition) is 6. The molecule has 74 heavy (non-hydrogen) atoms. The number of thiophene rings is 1. The average molecular weight is 971 g/mol. The van der Waals surface area contributed by atoms with E-state index in [0.717, 1.165) is 50.8 Å². The quantitative estimate of drug-likeness (QED) is 0.164. The van der Waals surface area contributed by atoms with Gasteiger partial charge in [-0.1, -0.05) is 151 Å². The molecular formula is C66H52B2N4OS. The van der Waals surface area contributed by atoms with Gasteiger partial charge in [-0.3, -0.25) is 0 Å². The molecule has 0 fully saturated rings. The van der Waals surface area contributed by atoms with Crippen LogP contribution in [0.5, 0.6) is 0 Å². The molecule has 6 heterocycles. The van der Waals surface area contributed by atoms with Gasteiger partial charge in [0.05, 0.1) is 17.0 Å². The largest absolute Gasteiger partial charge is 0.468 e. The Bertz CT molecular complexity index is 3820. The summed E-state index contributed by atoms with van der Waals surface area (Å²) >= 11 is 1.95. The molecule has 4 aliphatic rings. The highest BCUT2D eigenvalue weighted by molar-refractivity contribution is 7.33. The van der Waals surface area contributed by atoms with E-state index in [1.165, 1.54) is 82.0 Å². The van der Waals surface area contributed by atoms with Crippen molar-refractivity contribution in [3.05, 3.63) is 217 Å². The number of furan rings is 1. The molecule has 5 nitrogen and oxygen atoms in total. The Kier molecular flexibility index (Phi) is 9.18. The van der Waals surface area contributed by atoms with Gasteiger partial charge in [0.15, 0.2) is 0 Å². The topological polar surface area (TPSA) is 26.1 Å². The minimum absolute atomic E-state index is 0.0736. The summed E-state index contributed by atoms with van der Waals surface area (Å²) in [5.41, 5.74) is 23.2. The zero-order valence-corrected chi connectivity index (χ0v) is 43.2. The third kappa shape index (κ3) is 6.18. The minimum Gasteiger partial charge on any atom is -0.468 e. The predicted molar refractivity (Wildman–Crippen MR) is 317 cm³/mol. The van der Waals surface area contributed by atoms with E-state index in [0.29, 0.717) is 0 Å². The first-order valence-corrected chi connectivity index (χ1v) is 26.8. The van der Waals surface area contributed by atoms with E-state index >= 15 is 0 Å². The van der Waals surface area contributed by atoms with Crippen molar-refractivity contribution in [3.8, 4) is 0 Å². The monoisotopic (exact) mass is 970 g/mol. The molecule has 354 valence electrons. The Labute approximate surface area is 437 Å². The lowest BCUT2D eigenvalue weighted by molar-refractivity contribution is 0.590. The van der Waals surface area contributed by atoms with Crippen LogP contribution in [0.1, 0.15) is 52.7 Å². The van der Waals surface area contributed by atoms with E-state index in [1.807, 2.05) is 11.3 Å². The zero-order valence-electron chi connectivity index (χ0n) is 42.4. The molecule has 4 aliphatic heterocycles. The first-order valence-electron chi connectivity index (χ1n) is 26.0. The highest BCUT2D eigenvalue weighted by atomic mass is 32.1. The fourth-order valence-electron chi connectivity index (χ4n) is 12.6. The van der Waals surface area contributed by atoms with Gasteiger partial charge in [0, 0.05) is 77.1 Å². The molecule has 0 bridgehead atoms. The summed E-state index contributed by atoms with van der Waals surface area (Å²) in [7, 11) is 0. The molecule has 0 radical (unpaired) electrons. The van der Waals surface area contributed by atoms with Gasteiger partial charge in [0.25, 0.3) is 13.4 Å². The summed E-state index contributed by atoms with van der Waals surface area (Å²) in [6.07, 6.45) is 0. The van der Waals surface area contributed by atoms with Crippen LogP contribution in [0.25, 0.3) is 21.1 Å². The van der Waals surface area contributed by atoms with Crippen LogP contribution in [0, 0.1) is 0 Å². The van der Waals surface area contributed by atoms with E-state index in [-0.39, 0.29) is 24.3 Å². The summed E-state index contributed by atoms with van der Waals surface area (Å²) in [5.74, 6) is 0. The molecule has 0 unspecified atom stereocenters. The van der Waals surface area contributed by atoms with Gasteiger partial charge in [-0.15, -0.1) is 11.3 Å². The average Bonchev–Trinajstić information content (AvgIpc) is 4.10. The van der Waals surface area contributed by atoms with Gasteiger partial charge in [0.1, 0.15) is 5.58 Å². The zero-order chi connectivity index (χ0) is 49.8. The first-order chi connectivity index (χ1) is 36.0. The fourth-order valence-corrected chi connectivity index (χ4v) is 13.9. The standard InChI is InChI=1S/C66H52B2N4OS/c1-65(2,3)41-35-53-59-55(37-41)71(45-27-15-9-16-28-45)61-47-31-19-21-33-57(47)73-63(61)67(59)49-39-50-52(40-51(49)69(53)43-23-11-7-12-24-43)70(44-25-13-8-14-26-44)54-36-42(66(4,5)6)38-56-60(54)68(50)64-62(48-32-20-22-34-58(48)74-64)72(56)46-29-17-10-18-30-46/h7-40H,1-6H3. The second-order valence-corrected chi connectivity index (χ2v) is 23.6. The lowest BCUT2D eigenvalue weighted by Crippen LogP contribution is -2.64. The number of benzene rings is 9. The van der Waals surface area contributed by atoms with Crippen molar-refractivity contribution in [2.75, 3.05) is 19.6 Å². The number of anilines is 12. The number of nitrogens with zero attached hydrogens (tertiary/aromatic N) is 4. The van der Waals surface area contributed by atoms with E-state index < -0.39 is 0 Å². The predicted octanol–water partition coefficient (Wildman–Crippen LogP) is 14.4. The molecule has 2 aromatic heterocycles. The summed E-state index contributed by atoms with van der Waals surface area (Å²) in [6.45, 7) is 13.8. The van der Waals surface area contributed by atoms with E-state index in [9.17, 15) is 0 Å². The molecule has 0 N–H and O–H groups in total. The number of para-hydroxylation sites is 5. The first kappa shape index (κ1) is 43.4. The van der Waals surface area contributed by atoms with Crippen molar-refractivity contribution in [2.24, 2.45) is 0 Å².